The van der Waals surface area contributed by atoms with Crippen LogP contribution in [0, 0.1) is 0 Å². The molecule has 1 fully saturated rings. The number of halogens is 2. The highest BCUT2D eigenvalue weighted by Gasteiger charge is 2.11. The summed E-state index contributed by atoms with van der Waals surface area (Å²) < 4.78 is 0. The molecule has 0 atom stereocenters. The highest BCUT2D eigenvalue weighted by Crippen LogP contribution is 2.24. The molecule has 1 N–H and O–H groups in total. The molecule has 0 spiro atoms. The van der Waals surface area contributed by atoms with Gasteiger partial charge in [0.05, 0.1) is 5.75 Å². The molecule has 1 heterocycles. The predicted molar refractivity (Wildman–Crippen MR) is 115 cm³/mol. The quantitative estimate of drug-likeness (QED) is 0.638. The van der Waals surface area contributed by atoms with E-state index in [9.17, 15) is 4.79 Å². The Bertz CT molecular complexity index is 761. The lowest BCUT2D eigenvalue weighted by atomic mass is 10.1. The van der Waals surface area contributed by atoms with Crippen LogP contribution in [0.5, 0.6) is 0 Å². The molecule has 0 bridgehead atoms. The van der Waals surface area contributed by atoms with Crippen LogP contribution in [0.3, 0.4) is 0 Å². The summed E-state index contributed by atoms with van der Waals surface area (Å²) in [6, 6.07) is 14.0. The van der Waals surface area contributed by atoms with Crippen LogP contribution in [0.1, 0.15) is 29.5 Å². The standard InChI is InChI=1S/C21H24Cl2N2OS/c22-19-8-7-18(20(23)11-19)14-27-15-21(26)24-12-16-3-5-17(6-4-16)13-25-9-1-2-10-25/h3-8,11H,1-2,9-10,12-15H2,(H,24,26). The van der Waals surface area contributed by atoms with Crippen LogP contribution in [0.4, 0.5) is 0 Å². The van der Waals surface area contributed by atoms with E-state index in [0.717, 1.165) is 17.7 Å². The minimum Gasteiger partial charge on any atom is -0.351 e. The minimum atomic E-state index is 0.0335. The molecule has 0 aromatic heterocycles. The van der Waals surface area contributed by atoms with E-state index < -0.39 is 0 Å². The second kappa shape index (κ2) is 10.4. The topological polar surface area (TPSA) is 32.3 Å². The summed E-state index contributed by atoms with van der Waals surface area (Å²) in [7, 11) is 0. The summed E-state index contributed by atoms with van der Waals surface area (Å²) >= 11 is 13.6. The number of hydrogen-bond acceptors (Lipinski definition) is 3. The van der Waals surface area contributed by atoms with Gasteiger partial charge in [0.2, 0.25) is 5.91 Å². The molecular formula is C21H24Cl2N2OS. The number of amides is 1. The molecule has 6 heteroatoms. The van der Waals surface area contributed by atoms with Gasteiger partial charge in [-0.25, -0.2) is 0 Å². The van der Waals surface area contributed by atoms with Gasteiger partial charge in [0.15, 0.2) is 0 Å². The Kier molecular flexibility index (Phi) is 7.89. The van der Waals surface area contributed by atoms with E-state index in [4.69, 9.17) is 23.2 Å². The van der Waals surface area contributed by atoms with Crippen LogP contribution in [-0.2, 0) is 23.6 Å². The number of hydrogen-bond donors (Lipinski definition) is 1. The molecule has 144 valence electrons. The van der Waals surface area contributed by atoms with Crippen LogP contribution in [0.2, 0.25) is 10.0 Å². The fraction of sp³-hybridized carbons (Fsp3) is 0.381. The third-order valence-electron chi connectivity index (χ3n) is 4.62. The Balaban J connectivity index is 1.37. The maximum Gasteiger partial charge on any atom is 0.230 e. The number of carbonyl (C=O) groups excluding carboxylic acids is 1. The summed E-state index contributed by atoms with van der Waals surface area (Å²) in [6.07, 6.45) is 2.62. The number of thioether (sulfide) groups is 1. The van der Waals surface area contributed by atoms with Gasteiger partial charge in [-0.15, -0.1) is 11.8 Å². The fourth-order valence-electron chi connectivity index (χ4n) is 3.11. The van der Waals surface area contributed by atoms with E-state index in [1.165, 1.54) is 31.5 Å². The molecule has 1 saturated heterocycles. The average Bonchev–Trinajstić information content (AvgIpc) is 3.16. The highest BCUT2D eigenvalue weighted by atomic mass is 35.5. The van der Waals surface area contributed by atoms with Crippen molar-refractivity contribution in [1.29, 1.82) is 0 Å². The molecule has 1 amide bonds. The average molecular weight is 423 g/mol. The van der Waals surface area contributed by atoms with Crippen LogP contribution >= 0.6 is 35.0 Å². The summed E-state index contributed by atoms with van der Waals surface area (Å²) in [4.78, 5) is 14.5. The third-order valence-corrected chi connectivity index (χ3v) is 6.19. The van der Waals surface area contributed by atoms with Crippen LogP contribution in [-0.4, -0.2) is 29.6 Å². The van der Waals surface area contributed by atoms with Crippen LogP contribution in [0.15, 0.2) is 42.5 Å². The SMILES string of the molecule is O=C(CSCc1ccc(Cl)cc1Cl)NCc1ccc(CN2CCCC2)cc1. The van der Waals surface area contributed by atoms with Crippen molar-refractivity contribution in [2.24, 2.45) is 0 Å². The summed E-state index contributed by atoms with van der Waals surface area (Å²) in [5.74, 6) is 1.13. The summed E-state index contributed by atoms with van der Waals surface area (Å²) in [6.45, 7) is 4.00. The Hall–Kier alpha value is -1.20. The third kappa shape index (κ3) is 6.72. The minimum absolute atomic E-state index is 0.0335. The molecule has 3 rings (SSSR count). The molecule has 0 radical (unpaired) electrons. The molecule has 1 aliphatic heterocycles. The Morgan fingerprint density at radius 1 is 1.04 bits per heavy atom. The van der Waals surface area contributed by atoms with Crippen molar-refractivity contribution in [3.63, 3.8) is 0 Å². The van der Waals surface area contributed by atoms with Gasteiger partial charge in [0.1, 0.15) is 0 Å². The zero-order valence-electron chi connectivity index (χ0n) is 15.2. The number of benzene rings is 2. The van der Waals surface area contributed by atoms with E-state index in [0.29, 0.717) is 28.1 Å². The predicted octanol–water partition coefficient (Wildman–Crippen LogP) is 5.14. The van der Waals surface area contributed by atoms with Gasteiger partial charge in [-0.05, 0) is 54.8 Å². The molecule has 0 aliphatic carbocycles. The van der Waals surface area contributed by atoms with Gasteiger partial charge < -0.3 is 5.32 Å². The monoisotopic (exact) mass is 422 g/mol. The summed E-state index contributed by atoms with van der Waals surface area (Å²) in [5, 5.41) is 4.24. The van der Waals surface area contributed by atoms with Crippen molar-refractivity contribution < 1.29 is 4.79 Å². The zero-order valence-corrected chi connectivity index (χ0v) is 17.5. The molecule has 2 aromatic carbocycles. The first-order chi connectivity index (χ1) is 13.1. The maximum atomic E-state index is 12.0. The first-order valence-electron chi connectivity index (χ1n) is 9.19. The van der Waals surface area contributed by atoms with Crippen molar-refractivity contribution in [3.8, 4) is 0 Å². The van der Waals surface area contributed by atoms with Gasteiger partial charge in [-0.3, -0.25) is 9.69 Å². The molecule has 27 heavy (non-hydrogen) atoms. The zero-order chi connectivity index (χ0) is 19.1. The van der Waals surface area contributed by atoms with E-state index in [-0.39, 0.29) is 5.91 Å². The van der Waals surface area contributed by atoms with Gasteiger partial charge in [-0.1, -0.05) is 53.5 Å². The number of nitrogens with zero attached hydrogens (tertiary/aromatic N) is 1. The number of rotatable bonds is 8. The smallest absolute Gasteiger partial charge is 0.230 e. The van der Waals surface area contributed by atoms with Gasteiger partial charge in [-0.2, -0.15) is 0 Å². The second-order valence-corrected chi connectivity index (χ2v) is 8.63. The Morgan fingerprint density at radius 3 is 2.44 bits per heavy atom. The van der Waals surface area contributed by atoms with Crippen LogP contribution < -0.4 is 5.32 Å². The molecule has 0 saturated carbocycles. The van der Waals surface area contributed by atoms with Crippen molar-refractivity contribution >= 4 is 40.9 Å². The molecule has 2 aromatic rings. The molecule has 0 unspecified atom stereocenters. The lowest BCUT2D eigenvalue weighted by Crippen LogP contribution is -2.24. The Labute approximate surface area is 175 Å². The van der Waals surface area contributed by atoms with Crippen molar-refractivity contribution in [2.75, 3.05) is 18.8 Å². The van der Waals surface area contributed by atoms with Crippen molar-refractivity contribution in [3.05, 3.63) is 69.2 Å². The lowest BCUT2D eigenvalue weighted by Gasteiger charge is -2.14. The normalized spacial score (nSPS) is 14.4. The lowest BCUT2D eigenvalue weighted by molar-refractivity contribution is -0.118. The van der Waals surface area contributed by atoms with E-state index >= 15 is 0 Å². The van der Waals surface area contributed by atoms with E-state index in [1.807, 2.05) is 12.1 Å². The molecule has 3 nitrogen and oxygen atoms in total. The van der Waals surface area contributed by atoms with Gasteiger partial charge >= 0.3 is 0 Å². The van der Waals surface area contributed by atoms with E-state index in [2.05, 4.69) is 34.5 Å². The van der Waals surface area contributed by atoms with Crippen molar-refractivity contribution in [2.45, 2.75) is 31.7 Å². The Morgan fingerprint density at radius 2 is 1.74 bits per heavy atom. The van der Waals surface area contributed by atoms with Crippen molar-refractivity contribution in [1.82, 2.24) is 10.2 Å². The first-order valence-corrected chi connectivity index (χ1v) is 11.1. The molecule has 1 aliphatic rings. The fourth-order valence-corrected chi connectivity index (χ4v) is 4.52. The van der Waals surface area contributed by atoms with Gasteiger partial charge in [0.25, 0.3) is 0 Å². The maximum absolute atomic E-state index is 12.0. The van der Waals surface area contributed by atoms with Gasteiger partial charge in [0, 0.05) is 28.9 Å². The largest absolute Gasteiger partial charge is 0.351 e. The van der Waals surface area contributed by atoms with Crippen LogP contribution in [0.25, 0.3) is 0 Å². The highest BCUT2D eigenvalue weighted by molar-refractivity contribution is 7.99. The number of nitrogens with one attached hydrogen (secondary N) is 1. The van der Waals surface area contributed by atoms with E-state index in [1.54, 1.807) is 17.8 Å². The summed E-state index contributed by atoms with van der Waals surface area (Å²) in [5.41, 5.74) is 3.45. The number of likely N-dealkylation sites (tertiary alicyclic amines) is 1. The number of carbonyl (C=O) groups is 1. The second-order valence-electron chi connectivity index (χ2n) is 6.81. The first kappa shape index (κ1) is 20.5. The molecular weight excluding hydrogens is 399 g/mol.